The molecule has 1 heterocycles. The van der Waals surface area contributed by atoms with E-state index in [0.29, 0.717) is 4.47 Å². The normalized spacial score (nSPS) is 10.3. The Morgan fingerprint density at radius 1 is 1.42 bits per heavy atom. The molecule has 2 rings (SSSR count). The molecule has 0 aliphatic rings. The van der Waals surface area contributed by atoms with Crippen LogP contribution >= 0.6 is 27.5 Å². The lowest BCUT2D eigenvalue weighted by atomic mass is 10.3. The molecule has 0 N–H and O–H groups in total. The molecule has 19 heavy (non-hydrogen) atoms. The standard InChI is InChI=1S/C10H4BrClFN3O3/c11-5-1-2-7(6(13)3-5)19-10-8(16(17)18)9(12)14-4-15-10/h1-4H. The summed E-state index contributed by atoms with van der Waals surface area (Å²) in [4.78, 5) is 17.1. The number of benzene rings is 1. The van der Waals surface area contributed by atoms with Crippen molar-refractivity contribution in [1.29, 1.82) is 0 Å². The van der Waals surface area contributed by atoms with Crippen LogP contribution in [0.2, 0.25) is 5.15 Å². The van der Waals surface area contributed by atoms with Crippen LogP contribution in [-0.2, 0) is 0 Å². The molecular weight excluding hydrogens is 344 g/mol. The summed E-state index contributed by atoms with van der Waals surface area (Å²) in [6.07, 6.45) is 0.988. The number of halogens is 3. The minimum Gasteiger partial charge on any atom is -0.430 e. The Labute approximate surface area is 119 Å². The number of nitro groups is 1. The van der Waals surface area contributed by atoms with E-state index in [4.69, 9.17) is 16.3 Å². The molecule has 1 aromatic carbocycles. The van der Waals surface area contributed by atoms with Crippen molar-refractivity contribution in [2.24, 2.45) is 0 Å². The summed E-state index contributed by atoms with van der Waals surface area (Å²) in [5, 5.41) is 10.4. The topological polar surface area (TPSA) is 78.2 Å². The maximum atomic E-state index is 13.6. The van der Waals surface area contributed by atoms with Gasteiger partial charge in [0.25, 0.3) is 0 Å². The summed E-state index contributed by atoms with van der Waals surface area (Å²) < 4.78 is 19.1. The molecule has 6 nitrogen and oxygen atoms in total. The maximum absolute atomic E-state index is 13.6. The highest BCUT2D eigenvalue weighted by Crippen LogP contribution is 2.34. The third-order valence-corrected chi connectivity index (χ3v) is 2.80. The lowest BCUT2D eigenvalue weighted by Gasteiger charge is -2.06. The fourth-order valence-electron chi connectivity index (χ4n) is 1.23. The molecule has 0 amide bonds. The van der Waals surface area contributed by atoms with Gasteiger partial charge in [0.1, 0.15) is 6.33 Å². The number of rotatable bonds is 3. The summed E-state index contributed by atoms with van der Waals surface area (Å²) in [6.45, 7) is 0. The molecule has 9 heteroatoms. The molecule has 98 valence electrons. The molecule has 2 aromatic rings. The Bertz CT molecular complexity index is 656. The first-order valence-corrected chi connectivity index (χ1v) is 5.94. The molecular formula is C10H4BrClFN3O3. The van der Waals surface area contributed by atoms with Gasteiger partial charge in [-0.05, 0) is 18.2 Å². The lowest BCUT2D eigenvalue weighted by molar-refractivity contribution is -0.386. The number of hydrogen-bond donors (Lipinski definition) is 0. The van der Waals surface area contributed by atoms with Gasteiger partial charge in [-0.25, -0.2) is 9.37 Å². The number of ether oxygens (including phenoxy) is 1. The molecule has 0 spiro atoms. The van der Waals surface area contributed by atoms with Crippen molar-refractivity contribution in [2.45, 2.75) is 0 Å². The van der Waals surface area contributed by atoms with Gasteiger partial charge in [0.2, 0.25) is 5.15 Å². The van der Waals surface area contributed by atoms with Crippen molar-refractivity contribution in [3.05, 3.63) is 50.1 Å². The molecule has 0 bridgehead atoms. The molecule has 1 aromatic heterocycles. The molecule has 0 unspecified atom stereocenters. The first-order chi connectivity index (χ1) is 8.99. The van der Waals surface area contributed by atoms with Gasteiger partial charge in [-0.1, -0.05) is 27.5 Å². The SMILES string of the molecule is O=[N+]([O-])c1c(Cl)ncnc1Oc1ccc(Br)cc1F. The van der Waals surface area contributed by atoms with Crippen molar-refractivity contribution in [3.63, 3.8) is 0 Å². The zero-order chi connectivity index (χ0) is 14.0. The minimum atomic E-state index is -0.797. The van der Waals surface area contributed by atoms with Gasteiger partial charge < -0.3 is 4.74 Å². The third-order valence-electron chi connectivity index (χ3n) is 2.03. The van der Waals surface area contributed by atoms with E-state index in [1.54, 1.807) is 0 Å². The van der Waals surface area contributed by atoms with Crippen LogP contribution in [0.25, 0.3) is 0 Å². The Hall–Kier alpha value is -1.80. The molecule has 0 aliphatic carbocycles. The van der Waals surface area contributed by atoms with Crippen molar-refractivity contribution < 1.29 is 14.1 Å². The Morgan fingerprint density at radius 3 is 2.79 bits per heavy atom. The number of nitrogens with zero attached hydrogens (tertiary/aromatic N) is 3. The molecule has 0 aliphatic heterocycles. The summed E-state index contributed by atoms with van der Waals surface area (Å²) in [5.74, 6) is -1.33. The van der Waals surface area contributed by atoms with Crippen molar-refractivity contribution in [1.82, 2.24) is 9.97 Å². The van der Waals surface area contributed by atoms with Gasteiger partial charge in [-0.2, -0.15) is 4.98 Å². The fourth-order valence-corrected chi connectivity index (χ4v) is 1.76. The van der Waals surface area contributed by atoms with Crippen LogP contribution in [0.15, 0.2) is 29.0 Å². The zero-order valence-corrected chi connectivity index (χ0v) is 11.4. The second kappa shape index (κ2) is 5.45. The largest absolute Gasteiger partial charge is 0.430 e. The van der Waals surface area contributed by atoms with E-state index < -0.39 is 22.3 Å². The summed E-state index contributed by atoms with van der Waals surface area (Å²) in [6, 6.07) is 3.98. The number of hydrogen-bond acceptors (Lipinski definition) is 5. The Balaban J connectivity index is 2.44. The maximum Gasteiger partial charge on any atom is 0.368 e. The highest BCUT2D eigenvalue weighted by atomic mass is 79.9. The first-order valence-electron chi connectivity index (χ1n) is 4.77. The van der Waals surface area contributed by atoms with Crippen LogP contribution in [-0.4, -0.2) is 14.9 Å². The van der Waals surface area contributed by atoms with E-state index in [-0.39, 0.29) is 10.9 Å². The Morgan fingerprint density at radius 2 is 2.16 bits per heavy atom. The van der Waals surface area contributed by atoms with E-state index >= 15 is 0 Å². The Kier molecular flexibility index (Phi) is 3.91. The van der Waals surface area contributed by atoms with Crippen LogP contribution in [0.5, 0.6) is 11.6 Å². The van der Waals surface area contributed by atoms with Gasteiger partial charge in [-0.15, -0.1) is 0 Å². The predicted molar refractivity (Wildman–Crippen MR) is 67.9 cm³/mol. The number of aromatic nitrogens is 2. The van der Waals surface area contributed by atoms with E-state index in [9.17, 15) is 14.5 Å². The van der Waals surface area contributed by atoms with Gasteiger partial charge in [-0.3, -0.25) is 10.1 Å². The van der Waals surface area contributed by atoms with E-state index in [1.165, 1.54) is 12.1 Å². The average Bonchev–Trinajstić information content (AvgIpc) is 2.32. The molecule has 0 fully saturated rings. The monoisotopic (exact) mass is 347 g/mol. The smallest absolute Gasteiger partial charge is 0.368 e. The van der Waals surface area contributed by atoms with Crippen LogP contribution in [0.1, 0.15) is 0 Å². The van der Waals surface area contributed by atoms with Crippen LogP contribution < -0.4 is 4.74 Å². The quantitative estimate of drug-likeness (QED) is 0.480. The second-order valence-electron chi connectivity index (χ2n) is 3.25. The predicted octanol–water partition coefficient (Wildman–Crippen LogP) is 3.73. The van der Waals surface area contributed by atoms with Gasteiger partial charge in [0.15, 0.2) is 11.6 Å². The molecule has 0 radical (unpaired) electrons. The van der Waals surface area contributed by atoms with Crippen molar-refractivity contribution >= 4 is 33.2 Å². The summed E-state index contributed by atoms with van der Waals surface area (Å²) >= 11 is 8.66. The van der Waals surface area contributed by atoms with Crippen molar-refractivity contribution in [2.75, 3.05) is 0 Å². The van der Waals surface area contributed by atoms with E-state index in [0.717, 1.165) is 12.4 Å². The molecule has 0 saturated carbocycles. The third kappa shape index (κ3) is 2.96. The van der Waals surface area contributed by atoms with Crippen LogP contribution in [0.3, 0.4) is 0 Å². The lowest BCUT2D eigenvalue weighted by Crippen LogP contribution is -1.99. The highest BCUT2D eigenvalue weighted by molar-refractivity contribution is 9.10. The van der Waals surface area contributed by atoms with Gasteiger partial charge in [0.05, 0.1) is 4.92 Å². The average molecular weight is 349 g/mol. The molecule has 0 saturated heterocycles. The van der Waals surface area contributed by atoms with E-state index in [2.05, 4.69) is 25.9 Å². The van der Waals surface area contributed by atoms with Crippen LogP contribution in [0.4, 0.5) is 10.1 Å². The summed E-state index contributed by atoms with van der Waals surface area (Å²) in [7, 11) is 0. The fraction of sp³-hybridized carbons (Fsp3) is 0. The van der Waals surface area contributed by atoms with Crippen molar-refractivity contribution in [3.8, 4) is 11.6 Å². The van der Waals surface area contributed by atoms with E-state index in [1.807, 2.05) is 0 Å². The highest BCUT2D eigenvalue weighted by Gasteiger charge is 2.24. The van der Waals surface area contributed by atoms with Gasteiger partial charge in [0, 0.05) is 4.47 Å². The molecule has 0 atom stereocenters. The van der Waals surface area contributed by atoms with Crippen LogP contribution in [0, 0.1) is 15.9 Å². The zero-order valence-electron chi connectivity index (χ0n) is 9.01. The second-order valence-corrected chi connectivity index (χ2v) is 4.53. The first kappa shape index (κ1) is 13.6. The minimum absolute atomic E-state index is 0.207. The van der Waals surface area contributed by atoms with Gasteiger partial charge >= 0.3 is 11.6 Å². The summed E-state index contributed by atoms with van der Waals surface area (Å²) in [5.41, 5.74) is -0.619.